The third-order valence-corrected chi connectivity index (χ3v) is 4.42. The van der Waals surface area contributed by atoms with Crippen molar-refractivity contribution in [2.45, 2.75) is 32.2 Å². The lowest BCUT2D eigenvalue weighted by Gasteiger charge is -2.41. The van der Waals surface area contributed by atoms with Gasteiger partial charge in [0, 0.05) is 19.6 Å². The summed E-state index contributed by atoms with van der Waals surface area (Å²) < 4.78 is 0. The zero-order chi connectivity index (χ0) is 12.5. The maximum absolute atomic E-state index is 9.44. The Morgan fingerprint density at radius 3 is 2.61 bits per heavy atom. The van der Waals surface area contributed by atoms with E-state index in [4.69, 9.17) is 5.73 Å². The van der Waals surface area contributed by atoms with Gasteiger partial charge in [-0.15, -0.1) is 0 Å². The lowest BCUT2D eigenvalue weighted by molar-refractivity contribution is 0.0808. The topological polar surface area (TPSA) is 49.5 Å². The molecular weight excluding hydrogens is 224 g/mol. The van der Waals surface area contributed by atoms with Crippen LogP contribution in [0.1, 0.15) is 31.2 Å². The van der Waals surface area contributed by atoms with Crippen LogP contribution in [0.2, 0.25) is 0 Å². The SMILES string of the molecule is Nc1cc(CN2CC3CCCC(C3)C2)ccc1O. The first kappa shape index (κ1) is 11.8. The number of phenolic OH excluding ortho intramolecular Hbond substituents is 1. The normalized spacial score (nSPS) is 28.2. The molecule has 2 fully saturated rings. The number of rotatable bonds is 2. The van der Waals surface area contributed by atoms with E-state index in [0.717, 1.165) is 18.4 Å². The number of hydrogen-bond acceptors (Lipinski definition) is 3. The van der Waals surface area contributed by atoms with Crippen LogP contribution in [0.4, 0.5) is 5.69 Å². The number of nitrogen functional groups attached to an aromatic ring is 1. The highest BCUT2D eigenvalue weighted by Gasteiger charge is 2.30. The van der Waals surface area contributed by atoms with E-state index in [2.05, 4.69) is 4.90 Å². The fourth-order valence-corrected chi connectivity index (χ4v) is 3.63. The molecule has 3 nitrogen and oxygen atoms in total. The third kappa shape index (κ3) is 2.46. The van der Waals surface area contributed by atoms with Crippen LogP contribution >= 0.6 is 0 Å². The van der Waals surface area contributed by atoms with Gasteiger partial charge in [0.2, 0.25) is 0 Å². The Morgan fingerprint density at radius 1 is 1.22 bits per heavy atom. The molecule has 0 radical (unpaired) electrons. The van der Waals surface area contributed by atoms with Gasteiger partial charge in [-0.25, -0.2) is 0 Å². The maximum atomic E-state index is 9.44. The predicted octanol–water partition coefficient (Wildman–Crippen LogP) is 2.60. The van der Waals surface area contributed by atoms with E-state index < -0.39 is 0 Å². The highest BCUT2D eigenvalue weighted by molar-refractivity contribution is 5.53. The monoisotopic (exact) mass is 246 g/mol. The van der Waals surface area contributed by atoms with Crippen LogP contribution in [0.5, 0.6) is 5.75 Å². The number of phenols is 1. The molecule has 2 unspecified atom stereocenters. The van der Waals surface area contributed by atoms with Gasteiger partial charge in [0.25, 0.3) is 0 Å². The summed E-state index contributed by atoms with van der Waals surface area (Å²) in [5, 5.41) is 9.44. The second-order valence-electron chi connectivity index (χ2n) is 5.99. The minimum absolute atomic E-state index is 0.189. The Bertz CT molecular complexity index is 421. The lowest BCUT2D eigenvalue weighted by Crippen LogP contribution is -2.42. The number of aromatic hydroxyl groups is 1. The average Bonchev–Trinajstić information content (AvgIpc) is 2.33. The number of piperidine rings is 1. The van der Waals surface area contributed by atoms with E-state index in [9.17, 15) is 5.11 Å². The van der Waals surface area contributed by atoms with Crippen LogP contribution in [0.3, 0.4) is 0 Å². The van der Waals surface area contributed by atoms with Crippen LogP contribution in [0, 0.1) is 11.8 Å². The fourth-order valence-electron chi connectivity index (χ4n) is 3.63. The van der Waals surface area contributed by atoms with E-state index in [1.807, 2.05) is 12.1 Å². The molecule has 2 bridgehead atoms. The van der Waals surface area contributed by atoms with Crippen molar-refractivity contribution in [3.05, 3.63) is 23.8 Å². The molecule has 1 aromatic carbocycles. The van der Waals surface area contributed by atoms with E-state index in [0.29, 0.717) is 5.69 Å². The quantitative estimate of drug-likeness (QED) is 0.623. The van der Waals surface area contributed by atoms with Crippen molar-refractivity contribution in [3.63, 3.8) is 0 Å². The van der Waals surface area contributed by atoms with Crippen molar-refractivity contribution < 1.29 is 5.11 Å². The summed E-state index contributed by atoms with van der Waals surface area (Å²) in [6.07, 6.45) is 5.68. The summed E-state index contributed by atoms with van der Waals surface area (Å²) in [6.45, 7) is 3.44. The molecule has 98 valence electrons. The van der Waals surface area contributed by atoms with Gasteiger partial charge in [0.1, 0.15) is 5.75 Å². The Labute approximate surface area is 109 Å². The number of anilines is 1. The molecule has 2 aliphatic rings. The van der Waals surface area contributed by atoms with E-state index >= 15 is 0 Å². The molecule has 3 heteroatoms. The molecule has 1 saturated carbocycles. The number of benzene rings is 1. The molecule has 1 heterocycles. The fraction of sp³-hybridized carbons (Fsp3) is 0.600. The minimum Gasteiger partial charge on any atom is -0.506 e. The Hall–Kier alpha value is -1.22. The van der Waals surface area contributed by atoms with Crippen molar-refractivity contribution in [1.82, 2.24) is 4.90 Å². The van der Waals surface area contributed by atoms with Crippen molar-refractivity contribution in [2.75, 3.05) is 18.8 Å². The standard InChI is InChI=1S/C15H22N2O/c16-14-7-13(4-5-15(14)18)10-17-8-11-2-1-3-12(6-11)9-17/h4-5,7,11-12,18H,1-3,6,8-10,16H2. The Kier molecular flexibility index (Phi) is 3.16. The average molecular weight is 246 g/mol. The summed E-state index contributed by atoms with van der Waals surface area (Å²) in [6, 6.07) is 5.59. The van der Waals surface area contributed by atoms with Gasteiger partial charge in [0.05, 0.1) is 5.69 Å². The smallest absolute Gasteiger partial charge is 0.138 e. The molecule has 1 aliphatic carbocycles. The molecular formula is C15H22N2O. The maximum Gasteiger partial charge on any atom is 0.138 e. The first-order chi connectivity index (χ1) is 8.70. The third-order valence-electron chi connectivity index (χ3n) is 4.42. The second-order valence-corrected chi connectivity index (χ2v) is 5.99. The number of fused-ring (bicyclic) bond motifs is 2. The molecule has 0 aromatic heterocycles. The molecule has 18 heavy (non-hydrogen) atoms. The highest BCUT2D eigenvalue weighted by Crippen LogP contribution is 2.35. The van der Waals surface area contributed by atoms with Gasteiger partial charge in [-0.05, 0) is 48.8 Å². The summed E-state index contributed by atoms with van der Waals surface area (Å²) in [5.41, 5.74) is 7.45. The van der Waals surface area contributed by atoms with E-state index in [-0.39, 0.29) is 5.75 Å². The summed E-state index contributed by atoms with van der Waals surface area (Å²) in [5.74, 6) is 2.01. The van der Waals surface area contributed by atoms with Gasteiger partial charge in [-0.3, -0.25) is 4.90 Å². The largest absolute Gasteiger partial charge is 0.506 e. The zero-order valence-corrected chi connectivity index (χ0v) is 10.8. The number of nitrogens with zero attached hydrogens (tertiary/aromatic N) is 1. The van der Waals surface area contributed by atoms with Crippen molar-refractivity contribution >= 4 is 5.69 Å². The molecule has 1 aromatic rings. The number of nitrogens with two attached hydrogens (primary N) is 1. The molecule has 0 amide bonds. The van der Waals surface area contributed by atoms with Gasteiger partial charge >= 0.3 is 0 Å². The minimum atomic E-state index is 0.189. The molecule has 3 N–H and O–H groups in total. The first-order valence-corrected chi connectivity index (χ1v) is 7.00. The van der Waals surface area contributed by atoms with Gasteiger partial charge < -0.3 is 10.8 Å². The van der Waals surface area contributed by atoms with Crippen LogP contribution in [0.25, 0.3) is 0 Å². The molecule has 1 saturated heterocycles. The molecule has 1 aliphatic heterocycles. The van der Waals surface area contributed by atoms with Crippen LogP contribution in [0.15, 0.2) is 18.2 Å². The predicted molar refractivity (Wildman–Crippen MR) is 73.2 cm³/mol. The van der Waals surface area contributed by atoms with Gasteiger partial charge in [0.15, 0.2) is 0 Å². The second kappa shape index (κ2) is 4.81. The van der Waals surface area contributed by atoms with Gasteiger partial charge in [-0.2, -0.15) is 0 Å². The molecule has 3 rings (SSSR count). The van der Waals surface area contributed by atoms with Gasteiger partial charge in [-0.1, -0.05) is 12.5 Å². The van der Waals surface area contributed by atoms with Crippen molar-refractivity contribution in [1.29, 1.82) is 0 Å². The molecule has 2 atom stereocenters. The Morgan fingerprint density at radius 2 is 1.94 bits per heavy atom. The number of likely N-dealkylation sites (tertiary alicyclic amines) is 1. The summed E-state index contributed by atoms with van der Waals surface area (Å²) in [7, 11) is 0. The van der Waals surface area contributed by atoms with Crippen molar-refractivity contribution in [2.24, 2.45) is 11.8 Å². The number of hydrogen-bond donors (Lipinski definition) is 2. The summed E-state index contributed by atoms with van der Waals surface area (Å²) >= 11 is 0. The first-order valence-electron chi connectivity index (χ1n) is 7.00. The van der Waals surface area contributed by atoms with Crippen LogP contribution in [-0.2, 0) is 6.54 Å². The lowest BCUT2D eigenvalue weighted by atomic mass is 9.78. The Balaban J connectivity index is 1.67. The molecule has 0 spiro atoms. The van der Waals surface area contributed by atoms with E-state index in [1.165, 1.54) is 44.3 Å². The van der Waals surface area contributed by atoms with E-state index in [1.54, 1.807) is 6.07 Å². The zero-order valence-electron chi connectivity index (χ0n) is 10.8. The van der Waals surface area contributed by atoms with Crippen molar-refractivity contribution in [3.8, 4) is 5.75 Å². The van der Waals surface area contributed by atoms with Crippen LogP contribution < -0.4 is 5.73 Å². The summed E-state index contributed by atoms with van der Waals surface area (Å²) in [4.78, 5) is 2.56. The van der Waals surface area contributed by atoms with Crippen LogP contribution in [-0.4, -0.2) is 23.1 Å². The highest BCUT2D eigenvalue weighted by atomic mass is 16.3.